The molecule has 2 aliphatic heterocycles. The fourth-order valence-electron chi connectivity index (χ4n) is 4.54. The summed E-state index contributed by atoms with van der Waals surface area (Å²) in [6.07, 6.45) is 6.32. The first kappa shape index (κ1) is 22.3. The molecule has 0 radical (unpaired) electrons. The van der Waals surface area contributed by atoms with Crippen molar-refractivity contribution in [3.8, 4) is 11.5 Å². The minimum Gasteiger partial charge on any atom is -0.490 e. The predicted molar refractivity (Wildman–Crippen MR) is 130 cm³/mol. The number of para-hydroxylation sites is 1. The molecule has 6 nitrogen and oxygen atoms in total. The third-order valence-electron chi connectivity index (χ3n) is 6.13. The van der Waals surface area contributed by atoms with Crippen LogP contribution in [0.2, 0.25) is 0 Å². The fraction of sp³-hybridized carbons (Fsp3) is 0.259. The second kappa shape index (κ2) is 9.43. The van der Waals surface area contributed by atoms with Gasteiger partial charge in [0, 0.05) is 21.9 Å². The maximum absolute atomic E-state index is 13.3. The van der Waals surface area contributed by atoms with Gasteiger partial charge in [0.15, 0.2) is 0 Å². The van der Waals surface area contributed by atoms with Crippen molar-refractivity contribution in [3.63, 3.8) is 0 Å². The number of carboxylic acid groups (broad SMARTS) is 1. The van der Waals surface area contributed by atoms with Crippen LogP contribution in [0.4, 0.5) is 0 Å². The van der Waals surface area contributed by atoms with Gasteiger partial charge < -0.3 is 19.5 Å². The number of aliphatic carboxylic acids is 1. The Bertz CT molecular complexity index is 1210. The fourth-order valence-corrected chi connectivity index (χ4v) is 5.51. The Hall–Kier alpha value is -3.45. The number of hydrogen-bond acceptors (Lipinski definition) is 5. The molecule has 7 heteroatoms. The van der Waals surface area contributed by atoms with Crippen molar-refractivity contribution >= 4 is 23.6 Å². The molecule has 34 heavy (non-hydrogen) atoms. The lowest BCUT2D eigenvalue weighted by atomic mass is 9.92. The van der Waals surface area contributed by atoms with E-state index >= 15 is 0 Å². The van der Waals surface area contributed by atoms with E-state index in [-0.39, 0.29) is 24.5 Å². The van der Waals surface area contributed by atoms with Gasteiger partial charge in [0.25, 0.3) is 5.91 Å². The Kier molecular flexibility index (Phi) is 6.20. The van der Waals surface area contributed by atoms with Crippen LogP contribution in [-0.2, 0) is 4.79 Å². The number of carbonyl (C=O) groups is 2. The molecule has 0 aromatic heterocycles. The van der Waals surface area contributed by atoms with E-state index in [4.69, 9.17) is 9.47 Å². The van der Waals surface area contributed by atoms with Crippen molar-refractivity contribution in [1.82, 2.24) is 4.90 Å². The second-order valence-corrected chi connectivity index (χ2v) is 9.56. The number of carbonyl (C=O) groups excluding carboxylic acids is 1. The van der Waals surface area contributed by atoms with Crippen LogP contribution in [0.15, 0.2) is 88.5 Å². The number of carboxylic acids is 1. The number of benzene rings is 2. The first-order valence-electron chi connectivity index (χ1n) is 11.2. The lowest BCUT2D eigenvalue weighted by Crippen LogP contribution is -2.36. The number of allylic oxidation sites excluding steroid dienone is 2. The molecule has 0 saturated carbocycles. The summed E-state index contributed by atoms with van der Waals surface area (Å²) < 4.78 is 12.0. The number of fused-ring (bicyclic) bond motifs is 2. The predicted octanol–water partition coefficient (Wildman–Crippen LogP) is 5.08. The minimum atomic E-state index is -0.874. The first-order valence-corrected chi connectivity index (χ1v) is 12.2. The highest BCUT2D eigenvalue weighted by atomic mass is 32.2. The quantitative estimate of drug-likeness (QED) is 0.628. The highest BCUT2D eigenvalue weighted by Gasteiger charge is 2.35. The third kappa shape index (κ3) is 4.48. The molecule has 5 rings (SSSR count). The zero-order valence-electron chi connectivity index (χ0n) is 18.8. The van der Waals surface area contributed by atoms with Crippen molar-refractivity contribution in [3.05, 3.63) is 89.2 Å². The number of rotatable bonds is 6. The standard InChI is InChI=1S/C27H25NO5S/c1-17-13-22-19(14-26(29)30)5-4-6-23(22)28(17)27(31)18-9-11-20(12-10-18)32-15-21-16-34-25-8-3-2-7-24(25)33-21/h2-5,7-13,21,23H,6,14-16H2,1H3,(H,29,30). The molecule has 3 aliphatic rings. The summed E-state index contributed by atoms with van der Waals surface area (Å²) in [7, 11) is 0. The molecule has 2 heterocycles. The highest BCUT2D eigenvalue weighted by Crippen LogP contribution is 2.37. The third-order valence-corrected chi connectivity index (χ3v) is 7.32. The van der Waals surface area contributed by atoms with Crippen LogP contribution < -0.4 is 9.47 Å². The summed E-state index contributed by atoms with van der Waals surface area (Å²) in [5.41, 5.74) is 3.06. The van der Waals surface area contributed by atoms with Gasteiger partial charge in [0.1, 0.15) is 24.2 Å². The zero-order chi connectivity index (χ0) is 23.7. The first-order chi connectivity index (χ1) is 16.5. The van der Waals surface area contributed by atoms with E-state index in [0.717, 1.165) is 33.2 Å². The molecule has 174 valence electrons. The topological polar surface area (TPSA) is 76.1 Å². The number of thioether (sulfide) groups is 1. The summed E-state index contributed by atoms with van der Waals surface area (Å²) in [5, 5.41) is 9.21. The number of amides is 1. The molecule has 2 unspecified atom stereocenters. The molecule has 1 amide bonds. The largest absolute Gasteiger partial charge is 0.490 e. The zero-order valence-corrected chi connectivity index (χ0v) is 19.6. The van der Waals surface area contributed by atoms with Gasteiger partial charge in [-0.05, 0) is 67.0 Å². The summed E-state index contributed by atoms with van der Waals surface area (Å²) in [6, 6.07) is 15.0. The van der Waals surface area contributed by atoms with Crippen LogP contribution in [0.1, 0.15) is 30.1 Å². The van der Waals surface area contributed by atoms with E-state index in [2.05, 4.69) is 6.07 Å². The van der Waals surface area contributed by atoms with Gasteiger partial charge >= 0.3 is 5.97 Å². The Morgan fingerprint density at radius 3 is 2.76 bits per heavy atom. The molecular weight excluding hydrogens is 450 g/mol. The minimum absolute atomic E-state index is 0.0387. The van der Waals surface area contributed by atoms with E-state index in [1.807, 2.05) is 43.4 Å². The summed E-state index contributed by atoms with van der Waals surface area (Å²) in [4.78, 5) is 27.5. The molecule has 0 spiro atoms. The van der Waals surface area contributed by atoms with Crippen LogP contribution in [-0.4, -0.2) is 46.4 Å². The van der Waals surface area contributed by atoms with Crippen LogP contribution in [0.25, 0.3) is 0 Å². The Labute approximate surface area is 202 Å². The molecule has 0 saturated heterocycles. The SMILES string of the molecule is CC1=CC2=C(CC(=O)O)C=CCC2N1C(=O)c1ccc(OCC2CSc3ccccc3O2)cc1. The summed E-state index contributed by atoms with van der Waals surface area (Å²) in [5.74, 6) is 1.42. The van der Waals surface area contributed by atoms with Gasteiger partial charge in [-0.3, -0.25) is 9.59 Å². The van der Waals surface area contributed by atoms with Crippen LogP contribution in [0.5, 0.6) is 11.5 Å². The van der Waals surface area contributed by atoms with Crippen LogP contribution in [0.3, 0.4) is 0 Å². The molecule has 2 aromatic carbocycles. The molecule has 2 aromatic rings. The number of nitrogens with zero attached hydrogens (tertiary/aromatic N) is 1. The maximum atomic E-state index is 13.3. The van der Waals surface area contributed by atoms with Crippen molar-refractivity contribution < 1.29 is 24.2 Å². The van der Waals surface area contributed by atoms with Crippen molar-refractivity contribution in [1.29, 1.82) is 0 Å². The van der Waals surface area contributed by atoms with E-state index in [0.29, 0.717) is 24.3 Å². The Morgan fingerprint density at radius 2 is 1.97 bits per heavy atom. The van der Waals surface area contributed by atoms with E-state index in [1.165, 1.54) is 0 Å². The Morgan fingerprint density at radius 1 is 1.18 bits per heavy atom. The smallest absolute Gasteiger partial charge is 0.307 e. The maximum Gasteiger partial charge on any atom is 0.307 e. The average molecular weight is 476 g/mol. The lowest BCUT2D eigenvalue weighted by Gasteiger charge is -2.29. The highest BCUT2D eigenvalue weighted by molar-refractivity contribution is 7.99. The normalized spacial score (nSPS) is 20.9. The number of ether oxygens (including phenoxy) is 2. The van der Waals surface area contributed by atoms with Crippen molar-refractivity contribution in [2.45, 2.75) is 36.8 Å². The average Bonchev–Trinajstić information content (AvgIpc) is 3.19. The van der Waals surface area contributed by atoms with Crippen LogP contribution >= 0.6 is 11.8 Å². The molecule has 2 atom stereocenters. The van der Waals surface area contributed by atoms with Gasteiger partial charge in [0.2, 0.25) is 0 Å². The van der Waals surface area contributed by atoms with E-state index < -0.39 is 5.97 Å². The van der Waals surface area contributed by atoms with Crippen molar-refractivity contribution in [2.24, 2.45) is 0 Å². The van der Waals surface area contributed by atoms with Gasteiger partial charge in [-0.25, -0.2) is 0 Å². The molecule has 1 N–H and O–H groups in total. The molecule has 0 fully saturated rings. The van der Waals surface area contributed by atoms with Gasteiger partial charge in [-0.1, -0.05) is 24.3 Å². The van der Waals surface area contributed by atoms with Gasteiger partial charge in [-0.15, -0.1) is 11.8 Å². The van der Waals surface area contributed by atoms with Crippen molar-refractivity contribution in [2.75, 3.05) is 12.4 Å². The second-order valence-electron chi connectivity index (χ2n) is 8.50. The van der Waals surface area contributed by atoms with Gasteiger partial charge in [0.05, 0.1) is 12.5 Å². The Balaban J connectivity index is 1.23. The molecular formula is C27H25NO5S. The lowest BCUT2D eigenvalue weighted by molar-refractivity contribution is -0.136. The summed E-state index contributed by atoms with van der Waals surface area (Å²) >= 11 is 1.76. The summed E-state index contributed by atoms with van der Waals surface area (Å²) in [6.45, 7) is 2.32. The monoisotopic (exact) mass is 475 g/mol. The molecule has 0 bridgehead atoms. The molecule has 1 aliphatic carbocycles. The number of hydrogen-bond donors (Lipinski definition) is 1. The van der Waals surface area contributed by atoms with Gasteiger partial charge in [-0.2, -0.15) is 0 Å². The van der Waals surface area contributed by atoms with Crippen LogP contribution in [0, 0.1) is 0 Å². The van der Waals surface area contributed by atoms with E-state index in [1.54, 1.807) is 40.9 Å². The van der Waals surface area contributed by atoms with E-state index in [9.17, 15) is 14.7 Å².